The molecule has 5 rings (SSSR count). The Morgan fingerprint density at radius 1 is 0.606 bits per heavy atom. The van der Waals surface area contributed by atoms with Crippen molar-refractivity contribution in [3.8, 4) is 0 Å². The van der Waals surface area contributed by atoms with Gasteiger partial charge in [-0.05, 0) is 69.0 Å². The van der Waals surface area contributed by atoms with E-state index in [9.17, 15) is 13.2 Å². The van der Waals surface area contributed by atoms with Crippen molar-refractivity contribution in [3.05, 3.63) is 114 Å². The van der Waals surface area contributed by atoms with E-state index in [1.807, 2.05) is 73.7 Å². The van der Waals surface area contributed by atoms with Crippen LogP contribution in [0.3, 0.4) is 0 Å². The molecule has 5 aromatic carbocycles. The van der Waals surface area contributed by atoms with Crippen LogP contribution in [0, 0.1) is 6.92 Å². The van der Waals surface area contributed by atoms with Gasteiger partial charge in [0, 0.05) is 0 Å². The van der Waals surface area contributed by atoms with Crippen LogP contribution in [-0.4, -0.2) is 6.30 Å². The van der Waals surface area contributed by atoms with Crippen LogP contribution < -0.4 is 15.9 Å². The van der Waals surface area contributed by atoms with Gasteiger partial charge in [0.1, 0.15) is 0 Å². The summed E-state index contributed by atoms with van der Waals surface area (Å²) in [5.41, 5.74) is 0.323. The summed E-state index contributed by atoms with van der Waals surface area (Å²) in [5, 5.41) is 6.03. The van der Waals surface area contributed by atoms with Crippen LogP contribution in [0.1, 0.15) is 11.1 Å². The molecule has 0 nitrogen and oxygen atoms in total. The molecule has 1 unspecified atom stereocenters. The fourth-order valence-electron chi connectivity index (χ4n) is 4.78. The first-order valence-corrected chi connectivity index (χ1v) is 12.7. The van der Waals surface area contributed by atoms with Crippen LogP contribution in [0.5, 0.6) is 0 Å². The van der Waals surface area contributed by atoms with Crippen molar-refractivity contribution < 1.29 is 13.2 Å². The lowest BCUT2D eigenvalue weighted by atomic mass is 10.0. The topological polar surface area (TPSA) is 0 Å². The Kier molecular flexibility index (Phi) is 5.18. The van der Waals surface area contributed by atoms with Crippen molar-refractivity contribution in [2.24, 2.45) is 0 Å². The summed E-state index contributed by atoms with van der Waals surface area (Å²) in [5.74, 6) is 0. The van der Waals surface area contributed by atoms with Crippen LogP contribution >= 0.6 is 6.89 Å². The molecule has 0 N–H and O–H groups in total. The third kappa shape index (κ3) is 3.48. The quantitative estimate of drug-likeness (QED) is 0.201. The number of aryl methyl sites for hydroxylation is 1. The molecular formula is C29H22F3P. The second-order valence-corrected chi connectivity index (χ2v) is 11.3. The molecule has 5 aromatic rings. The maximum atomic E-state index is 14.3. The maximum Gasteiger partial charge on any atom is 0.417 e. The van der Waals surface area contributed by atoms with E-state index in [1.165, 1.54) is 12.1 Å². The molecule has 0 bridgehead atoms. The molecule has 0 radical (unpaired) electrons. The zero-order chi connectivity index (χ0) is 23.2. The van der Waals surface area contributed by atoms with E-state index in [0.717, 1.165) is 37.7 Å². The molecule has 0 spiro atoms. The van der Waals surface area contributed by atoms with Crippen LogP contribution in [0.25, 0.3) is 21.5 Å². The molecule has 0 fully saturated rings. The van der Waals surface area contributed by atoms with Gasteiger partial charge in [0.25, 0.3) is 0 Å². The van der Waals surface area contributed by atoms with Gasteiger partial charge in [0.15, 0.2) is 0 Å². The summed E-state index contributed by atoms with van der Waals surface area (Å²) in [6, 6.07) is 31.7. The first-order chi connectivity index (χ1) is 15.8. The number of rotatable bonds is 3. The summed E-state index contributed by atoms with van der Waals surface area (Å²) in [4.78, 5) is 0. The SMILES string of the molecule is C=P(c1ccccc1C)(c1ccccc1C(F)(F)F)c1cc2ccccc2c2ccccc12. The van der Waals surface area contributed by atoms with Crippen LogP contribution in [0.4, 0.5) is 13.2 Å². The maximum absolute atomic E-state index is 14.3. The van der Waals surface area contributed by atoms with Crippen molar-refractivity contribution in [1.29, 1.82) is 0 Å². The first-order valence-electron chi connectivity index (χ1n) is 10.7. The normalized spacial score (nSPS) is 13.8. The fraction of sp³-hybridized carbons (Fsp3) is 0.0690. The van der Waals surface area contributed by atoms with E-state index in [-0.39, 0.29) is 5.30 Å². The van der Waals surface area contributed by atoms with E-state index in [4.69, 9.17) is 0 Å². The molecule has 0 aliphatic rings. The first kappa shape index (κ1) is 21.6. The van der Waals surface area contributed by atoms with E-state index < -0.39 is 18.6 Å². The van der Waals surface area contributed by atoms with Crippen molar-refractivity contribution in [2.75, 3.05) is 0 Å². The molecule has 164 valence electrons. The number of fused-ring (bicyclic) bond motifs is 3. The number of hydrogen-bond acceptors (Lipinski definition) is 0. The number of alkyl halides is 3. The van der Waals surface area contributed by atoms with Crippen molar-refractivity contribution in [1.82, 2.24) is 0 Å². The van der Waals surface area contributed by atoms with Crippen LogP contribution in [0.2, 0.25) is 0 Å². The minimum absolute atomic E-state index is 0.257. The van der Waals surface area contributed by atoms with Gasteiger partial charge in [0.05, 0.1) is 5.56 Å². The summed E-state index contributed by atoms with van der Waals surface area (Å²) < 4.78 is 42.8. The zero-order valence-corrected chi connectivity index (χ0v) is 19.0. The van der Waals surface area contributed by atoms with Crippen LogP contribution in [0.15, 0.2) is 103 Å². The minimum atomic E-state index is -4.48. The second-order valence-electron chi connectivity index (χ2n) is 8.27. The van der Waals surface area contributed by atoms with Gasteiger partial charge < -0.3 is 0 Å². The van der Waals surface area contributed by atoms with Crippen molar-refractivity contribution in [2.45, 2.75) is 13.1 Å². The van der Waals surface area contributed by atoms with Gasteiger partial charge in [-0.3, -0.25) is 0 Å². The van der Waals surface area contributed by atoms with Gasteiger partial charge in [-0.25, -0.2) is 0 Å². The average Bonchev–Trinajstić information content (AvgIpc) is 2.83. The lowest BCUT2D eigenvalue weighted by Gasteiger charge is -2.32. The lowest BCUT2D eigenvalue weighted by Crippen LogP contribution is -2.32. The van der Waals surface area contributed by atoms with E-state index in [1.54, 1.807) is 12.1 Å². The third-order valence-electron chi connectivity index (χ3n) is 6.30. The minimum Gasteiger partial charge on any atom is -0.166 e. The van der Waals surface area contributed by atoms with E-state index in [2.05, 4.69) is 18.4 Å². The predicted octanol–water partition coefficient (Wildman–Crippen LogP) is 7.05. The smallest absolute Gasteiger partial charge is 0.166 e. The standard InChI is InChI=1S/C29H22F3P/c1-20-11-3-9-17-26(20)33(2,27-18-10-8-16-25(27)29(30,31)32)28-19-21-12-4-5-13-22(21)23-14-6-7-15-24(23)28/h3-19H,2H2,1H3. The summed E-state index contributed by atoms with van der Waals surface area (Å²) >= 11 is 0. The molecule has 0 saturated heterocycles. The summed E-state index contributed by atoms with van der Waals surface area (Å²) in [6.45, 7) is -0.965. The highest BCUT2D eigenvalue weighted by atomic mass is 31.2. The molecule has 0 saturated carbocycles. The molecule has 0 heterocycles. The van der Waals surface area contributed by atoms with E-state index >= 15 is 0 Å². The molecule has 4 heteroatoms. The van der Waals surface area contributed by atoms with Gasteiger partial charge in [-0.2, -0.15) is 13.2 Å². The number of halogens is 3. The molecule has 0 amide bonds. The molecule has 33 heavy (non-hydrogen) atoms. The highest BCUT2D eigenvalue weighted by molar-refractivity contribution is 7.94. The Balaban J connectivity index is 2.00. The number of hydrogen-bond donors (Lipinski definition) is 0. The second kappa shape index (κ2) is 7.93. The Morgan fingerprint density at radius 2 is 1.15 bits per heavy atom. The lowest BCUT2D eigenvalue weighted by molar-refractivity contribution is -0.136. The number of benzene rings is 5. The van der Waals surface area contributed by atoms with Gasteiger partial charge in [-0.1, -0.05) is 97.3 Å². The van der Waals surface area contributed by atoms with Gasteiger partial charge in [-0.15, -0.1) is 0 Å². The van der Waals surface area contributed by atoms with Crippen molar-refractivity contribution >= 4 is 50.6 Å². The van der Waals surface area contributed by atoms with Gasteiger partial charge >= 0.3 is 6.18 Å². The predicted molar refractivity (Wildman–Crippen MR) is 137 cm³/mol. The van der Waals surface area contributed by atoms with Crippen molar-refractivity contribution in [3.63, 3.8) is 0 Å². The Bertz CT molecular complexity index is 1550. The molecule has 0 aromatic heterocycles. The zero-order valence-electron chi connectivity index (χ0n) is 18.1. The Labute approximate surface area is 191 Å². The monoisotopic (exact) mass is 458 g/mol. The highest BCUT2D eigenvalue weighted by Gasteiger charge is 2.38. The largest absolute Gasteiger partial charge is 0.417 e. The highest BCUT2D eigenvalue weighted by Crippen LogP contribution is 2.48. The molecule has 1 atom stereocenters. The average molecular weight is 458 g/mol. The Morgan fingerprint density at radius 3 is 1.85 bits per heavy atom. The third-order valence-corrected chi connectivity index (χ3v) is 10.0. The Hall–Kier alpha value is -3.29. The molecule has 0 aliphatic carbocycles. The summed E-state index contributed by atoms with van der Waals surface area (Å²) in [6.07, 6.45) is 0.206. The van der Waals surface area contributed by atoms with E-state index in [0.29, 0.717) is 0 Å². The molecule has 0 aliphatic heterocycles. The molecular weight excluding hydrogens is 436 g/mol. The fourth-order valence-corrected chi connectivity index (χ4v) is 8.49. The van der Waals surface area contributed by atoms with Gasteiger partial charge in [0.2, 0.25) is 0 Å². The summed E-state index contributed by atoms with van der Waals surface area (Å²) in [7, 11) is 0. The van der Waals surface area contributed by atoms with Crippen LogP contribution in [-0.2, 0) is 6.18 Å².